The fourth-order valence-electron chi connectivity index (χ4n) is 3.91. The number of rotatable bonds is 14. The average Bonchev–Trinajstić information content (AvgIpc) is 3.08. The molecule has 1 aromatic rings. The Hall–Kier alpha value is -1.44. The van der Waals surface area contributed by atoms with Gasteiger partial charge in [0.1, 0.15) is 6.17 Å². The highest BCUT2D eigenvalue weighted by Crippen LogP contribution is 2.28. The van der Waals surface area contributed by atoms with Crippen molar-refractivity contribution in [2.24, 2.45) is 0 Å². The Labute approximate surface area is 162 Å². The summed E-state index contributed by atoms with van der Waals surface area (Å²) in [5.41, 5.74) is 1.32. The molecule has 0 N–H and O–H groups in total. The first-order valence-electron chi connectivity index (χ1n) is 11.1. The van der Waals surface area contributed by atoms with Crippen LogP contribution in [0, 0.1) is 0 Å². The van der Waals surface area contributed by atoms with E-state index in [4.69, 9.17) is 0 Å². The number of hydrogen-bond donors (Lipinski definition) is 0. The first kappa shape index (κ1) is 20.9. The lowest BCUT2D eigenvalue weighted by Crippen LogP contribution is -2.39. The predicted molar refractivity (Wildman–Crippen MR) is 115 cm³/mol. The molecule has 1 aromatic carbocycles. The number of benzene rings is 1. The lowest BCUT2D eigenvalue weighted by Gasteiger charge is -2.33. The third kappa shape index (κ3) is 7.05. The molecule has 146 valence electrons. The lowest BCUT2D eigenvalue weighted by atomic mass is 10.1. The fourth-order valence-corrected chi connectivity index (χ4v) is 3.91. The van der Waals surface area contributed by atoms with Crippen molar-refractivity contribution in [1.29, 1.82) is 0 Å². The van der Waals surface area contributed by atoms with Gasteiger partial charge in [-0.15, -0.1) is 0 Å². The van der Waals surface area contributed by atoms with Crippen LogP contribution in [0.2, 0.25) is 0 Å². The minimum atomic E-state index is 0.508. The number of hydrogen-bond acceptors (Lipinski definition) is 2. The van der Waals surface area contributed by atoms with Crippen molar-refractivity contribution in [2.45, 2.75) is 97.1 Å². The van der Waals surface area contributed by atoms with Crippen LogP contribution < -0.4 is 4.90 Å². The quantitative estimate of drug-likeness (QED) is 0.322. The van der Waals surface area contributed by atoms with Crippen molar-refractivity contribution in [2.75, 3.05) is 11.4 Å². The third-order valence-corrected chi connectivity index (χ3v) is 5.51. The number of unbranched alkanes of at least 4 members (excludes halogenated alkanes) is 9. The SMILES string of the molecule is CCCCCCCCCCN1C=CN(c2ccccc2)C1CCCCC. The summed E-state index contributed by atoms with van der Waals surface area (Å²) in [7, 11) is 0. The molecule has 0 saturated carbocycles. The molecule has 1 aliphatic rings. The molecular formula is C24H40N2. The van der Waals surface area contributed by atoms with E-state index in [0.29, 0.717) is 6.17 Å². The molecule has 1 heterocycles. The van der Waals surface area contributed by atoms with E-state index in [1.807, 2.05) is 0 Å². The second-order valence-corrected chi connectivity index (χ2v) is 7.73. The van der Waals surface area contributed by atoms with Crippen LogP contribution in [0.3, 0.4) is 0 Å². The number of para-hydroxylation sites is 1. The molecule has 2 nitrogen and oxygen atoms in total. The molecular weight excluding hydrogens is 316 g/mol. The van der Waals surface area contributed by atoms with E-state index in [1.54, 1.807) is 0 Å². The Balaban J connectivity index is 1.76. The Kier molecular flexibility index (Phi) is 10.3. The van der Waals surface area contributed by atoms with E-state index >= 15 is 0 Å². The minimum Gasteiger partial charge on any atom is -0.356 e. The van der Waals surface area contributed by atoms with Gasteiger partial charge in [-0.25, -0.2) is 0 Å². The van der Waals surface area contributed by atoms with Crippen molar-refractivity contribution >= 4 is 5.69 Å². The molecule has 0 saturated heterocycles. The van der Waals surface area contributed by atoms with Gasteiger partial charge in [0.15, 0.2) is 0 Å². The molecule has 1 atom stereocenters. The second-order valence-electron chi connectivity index (χ2n) is 7.73. The summed E-state index contributed by atoms with van der Waals surface area (Å²) in [6, 6.07) is 10.9. The Morgan fingerprint density at radius 1 is 0.692 bits per heavy atom. The van der Waals surface area contributed by atoms with Crippen LogP contribution >= 0.6 is 0 Å². The van der Waals surface area contributed by atoms with Crippen molar-refractivity contribution in [1.82, 2.24) is 4.90 Å². The molecule has 0 bridgehead atoms. The van der Waals surface area contributed by atoms with E-state index in [2.05, 4.69) is 66.4 Å². The highest BCUT2D eigenvalue weighted by molar-refractivity contribution is 5.51. The molecule has 0 aliphatic carbocycles. The van der Waals surface area contributed by atoms with Gasteiger partial charge in [-0.2, -0.15) is 0 Å². The highest BCUT2D eigenvalue weighted by atomic mass is 15.4. The van der Waals surface area contributed by atoms with Gasteiger partial charge in [-0.05, 0) is 31.4 Å². The summed E-state index contributed by atoms with van der Waals surface area (Å²) in [6.07, 6.45) is 21.5. The van der Waals surface area contributed by atoms with Crippen molar-refractivity contribution in [3.63, 3.8) is 0 Å². The first-order valence-corrected chi connectivity index (χ1v) is 11.1. The van der Waals surface area contributed by atoms with Gasteiger partial charge in [-0.1, -0.05) is 89.8 Å². The first-order chi connectivity index (χ1) is 12.9. The summed E-state index contributed by atoms with van der Waals surface area (Å²) >= 11 is 0. The molecule has 0 radical (unpaired) electrons. The van der Waals surface area contributed by atoms with Crippen LogP contribution in [0.15, 0.2) is 42.7 Å². The zero-order valence-electron chi connectivity index (χ0n) is 17.2. The maximum Gasteiger partial charge on any atom is 0.105 e. The molecule has 0 amide bonds. The van der Waals surface area contributed by atoms with Crippen molar-refractivity contribution < 1.29 is 0 Å². The maximum atomic E-state index is 2.58. The van der Waals surface area contributed by atoms with Crippen molar-refractivity contribution in [3.05, 3.63) is 42.7 Å². The van der Waals surface area contributed by atoms with Crippen molar-refractivity contribution in [3.8, 4) is 0 Å². The van der Waals surface area contributed by atoms with Gasteiger partial charge >= 0.3 is 0 Å². The fraction of sp³-hybridized carbons (Fsp3) is 0.667. The minimum absolute atomic E-state index is 0.508. The summed E-state index contributed by atoms with van der Waals surface area (Å²) in [5.74, 6) is 0. The maximum absolute atomic E-state index is 2.58. The lowest BCUT2D eigenvalue weighted by molar-refractivity contribution is 0.273. The molecule has 1 unspecified atom stereocenters. The Morgan fingerprint density at radius 2 is 1.31 bits per heavy atom. The standard InChI is InChI=1S/C24H40N2/c1-3-5-7-8-9-10-11-16-20-25-21-22-26(23-17-14-12-15-18-23)24(25)19-13-6-4-2/h12,14-15,17-18,21-22,24H,3-11,13,16,19-20H2,1-2H3. The highest BCUT2D eigenvalue weighted by Gasteiger charge is 2.26. The topological polar surface area (TPSA) is 6.48 Å². The van der Waals surface area contributed by atoms with Gasteiger partial charge in [0.2, 0.25) is 0 Å². The van der Waals surface area contributed by atoms with E-state index < -0.39 is 0 Å². The number of anilines is 1. The monoisotopic (exact) mass is 356 g/mol. The van der Waals surface area contributed by atoms with Crippen LogP contribution in [0.1, 0.15) is 90.9 Å². The van der Waals surface area contributed by atoms with Crippen LogP contribution in [0.4, 0.5) is 5.69 Å². The smallest absolute Gasteiger partial charge is 0.105 e. The van der Waals surface area contributed by atoms with Crippen LogP contribution in [0.5, 0.6) is 0 Å². The normalized spacial score (nSPS) is 16.6. The van der Waals surface area contributed by atoms with Crippen LogP contribution in [-0.2, 0) is 0 Å². The molecule has 26 heavy (non-hydrogen) atoms. The molecule has 2 heteroatoms. The van der Waals surface area contributed by atoms with Gasteiger partial charge in [0.25, 0.3) is 0 Å². The predicted octanol–water partition coefficient (Wildman–Crippen LogP) is 7.33. The summed E-state index contributed by atoms with van der Waals surface area (Å²) in [4.78, 5) is 5.06. The summed E-state index contributed by atoms with van der Waals surface area (Å²) < 4.78 is 0. The van der Waals surface area contributed by atoms with Gasteiger partial charge < -0.3 is 9.80 Å². The molecule has 0 fully saturated rings. The largest absolute Gasteiger partial charge is 0.356 e. The Morgan fingerprint density at radius 3 is 2.00 bits per heavy atom. The van der Waals surface area contributed by atoms with Gasteiger partial charge in [0.05, 0.1) is 0 Å². The molecule has 2 rings (SSSR count). The average molecular weight is 357 g/mol. The van der Waals surface area contributed by atoms with Crippen LogP contribution in [-0.4, -0.2) is 17.6 Å². The van der Waals surface area contributed by atoms with Gasteiger partial charge in [-0.3, -0.25) is 0 Å². The summed E-state index contributed by atoms with van der Waals surface area (Å²) in [5, 5.41) is 0. The summed E-state index contributed by atoms with van der Waals surface area (Å²) in [6.45, 7) is 5.78. The molecule has 1 aliphatic heterocycles. The van der Waals surface area contributed by atoms with E-state index in [0.717, 1.165) is 0 Å². The molecule has 0 spiro atoms. The third-order valence-electron chi connectivity index (χ3n) is 5.51. The van der Waals surface area contributed by atoms with Crippen LogP contribution in [0.25, 0.3) is 0 Å². The zero-order valence-corrected chi connectivity index (χ0v) is 17.2. The van der Waals surface area contributed by atoms with E-state index in [9.17, 15) is 0 Å². The second kappa shape index (κ2) is 12.8. The van der Waals surface area contributed by atoms with E-state index in [-0.39, 0.29) is 0 Å². The van der Waals surface area contributed by atoms with Gasteiger partial charge in [0, 0.05) is 24.6 Å². The number of nitrogens with zero attached hydrogens (tertiary/aromatic N) is 2. The molecule has 0 aromatic heterocycles. The Bertz CT molecular complexity index is 482. The zero-order chi connectivity index (χ0) is 18.5. The van der Waals surface area contributed by atoms with E-state index in [1.165, 1.54) is 89.3 Å².